The van der Waals surface area contributed by atoms with Gasteiger partial charge in [-0.25, -0.2) is 0 Å². The van der Waals surface area contributed by atoms with E-state index >= 15 is 0 Å². The summed E-state index contributed by atoms with van der Waals surface area (Å²) in [5, 5.41) is 18.4. The van der Waals surface area contributed by atoms with Gasteiger partial charge in [0.1, 0.15) is 12.3 Å². The van der Waals surface area contributed by atoms with Crippen LogP contribution < -0.4 is 5.32 Å². The predicted molar refractivity (Wildman–Crippen MR) is 82.5 cm³/mol. The van der Waals surface area contributed by atoms with Crippen LogP contribution >= 0.6 is 0 Å². The fourth-order valence-electron chi connectivity index (χ4n) is 2.05. The first-order valence-electron chi connectivity index (χ1n) is 7.24. The molecule has 3 rings (SSSR count). The summed E-state index contributed by atoms with van der Waals surface area (Å²) < 4.78 is 4.88. The lowest BCUT2D eigenvalue weighted by atomic mass is 10.1. The number of hydrogen-bond acceptors (Lipinski definition) is 6. The summed E-state index contributed by atoms with van der Waals surface area (Å²) in [5.41, 5.74) is 2.10. The van der Waals surface area contributed by atoms with Gasteiger partial charge in [-0.05, 0) is 24.1 Å². The van der Waals surface area contributed by atoms with Crippen LogP contribution in [0.2, 0.25) is 0 Å². The highest BCUT2D eigenvalue weighted by molar-refractivity contribution is 5.89. The Balaban J connectivity index is 1.65. The van der Waals surface area contributed by atoms with E-state index in [0.717, 1.165) is 12.0 Å². The second-order valence-corrected chi connectivity index (χ2v) is 5.06. The molecule has 2 aromatic heterocycles. The molecule has 8 nitrogen and oxygen atoms in total. The minimum absolute atomic E-state index is 0.0497. The molecule has 0 bridgehead atoms. The van der Waals surface area contributed by atoms with Crippen molar-refractivity contribution in [3.63, 3.8) is 0 Å². The highest BCUT2D eigenvalue weighted by Gasteiger charge is 2.11. The Labute approximate surface area is 132 Å². The Morgan fingerprint density at radius 1 is 1.30 bits per heavy atom. The lowest BCUT2D eigenvalue weighted by Crippen LogP contribution is -2.20. The summed E-state index contributed by atoms with van der Waals surface area (Å²) in [6.45, 7) is 3.79. The van der Waals surface area contributed by atoms with Crippen molar-refractivity contribution in [1.82, 2.24) is 25.4 Å². The number of aromatic nitrogens is 5. The van der Waals surface area contributed by atoms with Crippen LogP contribution in [0, 0.1) is 6.92 Å². The van der Waals surface area contributed by atoms with Crippen LogP contribution in [0.1, 0.15) is 18.2 Å². The number of benzene rings is 1. The Kier molecular flexibility index (Phi) is 4.13. The quantitative estimate of drug-likeness (QED) is 0.771. The van der Waals surface area contributed by atoms with Gasteiger partial charge in [-0.3, -0.25) is 4.79 Å². The van der Waals surface area contributed by atoms with Crippen molar-refractivity contribution in [2.45, 2.75) is 26.8 Å². The minimum Gasteiger partial charge on any atom is -0.360 e. The normalized spacial score (nSPS) is 10.7. The molecule has 1 amide bonds. The molecule has 0 aliphatic carbocycles. The zero-order chi connectivity index (χ0) is 16.2. The number of tetrazole rings is 1. The number of carbonyl (C=O) groups excluding carboxylic acids is 1. The standard InChI is InChI=1S/C15H16N6O2/c1-3-11-4-6-12(7-5-11)15-17-20-21(18-15)9-14(22)16-13-8-10(2)23-19-13/h4-8H,3,9H2,1-2H3,(H,16,19,22). The molecular formula is C15H16N6O2. The van der Waals surface area contributed by atoms with Crippen LogP contribution in [0.15, 0.2) is 34.9 Å². The van der Waals surface area contributed by atoms with Crippen molar-refractivity contribution in [1.29, 1.82) is 0 Å². The third kappa shape index (κ3) is 3.60. The van der Waals surface area contributed by atoms with Gasteiger partial charge >= 0.3 is 0 Å². The number of carbonyl (C=O) groups is 1. The average molecular weight is 312 g/mol. The third-order valence-corrected chi connectivity index (χ3v) is 3.25. The molecule has 0 aliphatic heterocycles. The summed E-state index contributed by atoms with van der Waals surface area (Å²) >= 11 is 0. The number of anilines is 1. The van der Waals surface area contributed by atoms with Gasteiger partial charge in [0.2, 0.25) is 11.7 Å². The van der Waals surface area contributed by atoms with E-state index in [1.165, 1.54) is 10.4 Å². The van der Waals surface area contributed by atoms with Crippen LogP contribution in [0.5, 0.6) is 0 Å². The van der Waals surface area contributed by atoms with Gasteiger partial charge in [0, 0.05) is 11.6 Å². The SMILES string of the molecule is CCc1ccc(-c2nnn(CC(=O)Nc3cc(C)on3)n2)cc1. The molecule has 0 spiro atoms. The largest absolute Gasteiger partial charge is 0.360 e. The Morgan fingerprint density at radius 3 is 2.74 bits per heavy atom. The molecule has 1 aromatic carbocycles. The van der Waals surface area contributed by atoms with Crippen molar-refractivity contribution >= 4 is 11.7 Å². The highest BCUT2D eigenvalue weighted by Crippen LogP contribution is 2.14. The molecule has 0 fully saturated rings. The average Bonchev–Trinajstić information content (AvgIpc) is 3.16. The Hall–Kier alpha value is -3.03. The van der Waals surface area contributed by atoms with Gasteiger partial charge in [0.05, 0.1) is 0 Å². The summed E-state index contributed by atoms with van der Waals surface area (Å²) in [6, 6.07) is 9.57. The number of aryl methyl sites for hydroxylation is 2. The third-order valence-electron chi connectivity index (χ3n) is 3.25. The molecule has 1 N–H and O–H groups in total. The maximum Gasteiger partial charge on any atom is 0.249 e. The maximum atomic E-state index is 11.9. The van der Waals surface area contributed by atoms with E-state index < -0.39 is 0 Å². The zero-order valence-electron chi connectivity index (χ0n) is 12.9. The van der Waals surface area contributed by atoms with E-state index in [1.807, 2.05) is 24.3 Å². The van der Waals surface area contributed by atoms with Crippen LogP contribution in [-0.4, -0.2) is 31.3 Å². The molecule has 23 heavy (non-hydrogen) atoms. The fraction of sp³-hybridized carbons (Fsp3) is 0.267. The molecular weight excluding hydrogens is 296 g/mol. The van der Waals surface area contributed by atoms with Crippen molar-refractivity contribution in [3.05, 3.63) is 41.7 Å². The lowest BCUT2D eigenvalue weighted by molar-refractivity contribution is -0.117. The van der Waals surface area contributed by atoms with Crippen LogP contribution in [0.4, 0.5) is 5.82 Å². The van der Waals surface area contributed by atoms with Crippen molar-refractivity contribution in [2.24, 2.45) is 0 Å². The molecule has 2 heterocycles. The molecule has 3 aromatic rings. The molecule has 8 heteroatoms. The van der Waals surface area contributed by atoms with Gasteiger partial charge in [-0.15, -0.1) is 10.2 Å². The van der Waals surface area contributed by atoms with Gasteiger partial charge < -0.3 is 9.84 Å². The van der Waals surface area contributed by atoms with E-state index in [0.29, 0.717) is 17.4 Å². The van der Waals surface area contributed by atoms with Crippen molar-refractivity contribution in [3.8, 4) is 11.4 Å². The summed E-state index contributed by atoms with van der Waals surface area (Å²) in [4.78, 5) is 13.1. The van der Waals surface area contributed by atoms with E-state index in [9.17, 15) is 4.79 Å². The van der Waals surface area contributed by atoms with Gasteiger partial charge in [-0.1, -0.05) is 36.3 Å². The van der Waals surface area contributed by atoms with Gasteiger partial charge in [0.25, 0.3) is 0 Å². The molecule has 0 saturated carbocycles. The number of nitrogens with zero attached hydrogens (tertiary/aromatic N) is 5. The first-order chi connectivity index (χ1) is 11.1. The van der Waals surface area contributed by atoms with Gasteiger partial charge in [-0.2, -0.15) is 4.80 Å². The minimum atomic E-state index is -0.302. The molecule has 0 aliphatic rings. The molecule has 118 valence electrons. The van der Waals surface area contributed by atoms with Crippen LogP contribution in [-0.2, 0) is 17.8 Å². The molecule has 0 saturated heterocycles. The fourth-order valence-corrected chi connectivity index (χ4v) is 2.05. The number of hydrogen-bond donors (Lipinski definition) is 1. The summed E-state index contributed by atoms with van der Waals surface area (Å²) in [5.74, 6) is 1.17. The molecule has 0 radical (unpaired) electrons. The summed E-state index contributed by atoms with van der Waals surface area (Å²) in [7, 11) is 0. The van der Waals surface area contributed by atoms with Crippen LogP contribution in [0.3, 0.4) is 0 Å². The predicted octanol–water partition coefficient (Wildman–Crippen LogP) is 1.84. The smallest absolute Gasteiger partial charge is 0.249 e. The maximum absolute atomic E-state index is 11.9. The topological polar surface area (TPSA) is 98.7 Å². The number of nitrogens with one attached hydrogen (secondary N) is 1. The first kappa shape index (κ1) is 14.9. The van der Waals surface area contributed by atoms with E-state index in [1.54, 1.807) is 13.0 Å². The lowest BCUT2D eigenvalue weighted by Gasteiger charge is -1.99. The number of amides is 1. The zero-order valence-corrected chi connectivity index (χ0v) is 12.9. The monoisotopic (exact) mass is 312 g/mol. The van der Waals surface area contributed by atoms with Crippen molar-refractivity contribution < 1.29 is 9.32 Å². The highest BCUT2D eigenvalue weighted by atomic mass is 16.5. The number of rotatable bonds is 5. The molecule has 0 unspecified atom stereocenters. The van der Waals surface area contributed by atoms with E-state index in [4.69, 9.17) is 4.52 Å². The molecule has 0 atom stereocenters. The Morgan fingerprint density at radius 2 is 2.09 bits per heavy atom. The summed E-state index contributed by atoms with van der Waals surface area (Å²) in [6.07, 6.45) is 0.974. The van der Waals surface area contributed by atoms with Crippen molar-refractivity contribution in [2.75, 3.05) is 5.32 Å². The van der Waals surface area contributed by atoms with Gasteiger partial charge in [0.15, 0.2) is 5.82 Å². The second-order valence-electron chi connectivity index (χ2n) is 5.06. The van der Waals surface area contributed by atoms with Crippen LogP contribution in [0.25, 0.3) is 11.4 Å². The Bertz CT molecular complexity index is 805. The van der Waals surface area contributed by atoms with E-state index in [2.05, 4.69) is 32.8 Å². The van der Waals surface area contributed by atoms with E-state index in [-0.39, 0.29) is 12.5 Å². The first-order valence-corrected chi connectivity index (χ1v) is 7.24. The second kappa shape index (κ2) is 6.39.